The molecule has 1 aliphatic rings. The van der Waals surface area contributed by atoms with E-state index in [1.165, 1.54) is 12.1 Å². The van der Waals surface area contributed by atoms with Gasteiger partial charge in [0.2, 0.25) is 5.95 Å². The molecule has 0 unspecified atom stereocenters. The van der Waals surface area contributed by atoms with Gasteiger partial charge in [-0.2, -0.15) is 13.2 Å². The first-order valence-electron chi connectivity index (χ1n) is 11.3. The number of fused-ring (bicyclic) bond motifs is 1. The van der Waals surface area contributed by atoms with Crippen molar-refractivity contribution in [2.45, 2.75) is 39.0 Å². The van der Waals surface area contributed by atoms with E-state index in [-0.39, 0.29) is 25.0 Å². The van der Waals surface area contributed by atoms with Crippen molar-refractivity contribution in [3.8, 4) is 0 Å². The smallest absolute Gasteiger partial charge is 0.408 e. The highest BCUT2D eigenvalue weighted by Crippen LogP contribution is 2.30. The van der Waals surface area contributed by atoms with E-state index >= 15 is 0 Å². The number of nitrogens with one attached hydrogen (secondary N) is 1. The monoisotopic (exact) mass is 520 g/mol. The fourth-order valence-corrected chi connectivity index (χ4v) is 4.11. The molecular formula is C25H24ClF3N4O3. The predicted molar refractivity (Wildman–Crippen MR) is 129 cm³/mol. The molecule has 190 valence electrons. The fourth-order valence-electron chi connectivity index (χ4n) is 3.99. The molecule has 1 amide bonds. The van der Waals surface area contributed by atoms with E-state index in [1.54, 1.807) is 43.0 Å². The maximum atomic E-state index is 13.3. The largest absolute Gasteiger partial charge is 0.416 e. The van der Waals surface area contributed by atoms with Crippen LogP contribution in [-0.2, 0) is 19.1 Å². The van der Waals surface area contributed by atoms with Gasteiger partial charge in [-0.15, -0.1) is 4.73 Å². The molecule has 2 heterocycles. The summed E-state index contributed by atoms with van der Waals surface area (Å²) < 4.78 is 39.7. The number of alkyl halides is 3. The number of benzene rings is 2. The lowest BCUT2D eigenvalue weighted by molar-refractivity contribution is -0.137. The Hall–Kier alpha value is -3.53. The summed E-state index contributed by atoms with van der Waals surface area (Å²) in [5.41, 5.74) is 0.747. The van der Waals surface area contributed by atoms with Crippen molar-refractivity contribution in [3.63, 3.8) is 0 Å². The highest BCUT2D eigenvalue weighted by molar-refractivity contribution is 6.30. The standard InChI is InChI=1S/C25H24ClF3N4O3/c1-3-36-33-23(35)20-14-32(22(34)17-6-10-19(26)11-7-17)13-12-21(20)31-24(33)30-15(2)16-4-8-18(9-5-16)25(27,28)29/h4-11,15H,3,12-14H2,1-2H3,(H,30,31)/t15-/m0/s1. The van der Waals surface area contributed by atoms with Crippen LogP contribution < -0.4 is 15.7 Å². The number of hydrogen-bond donors (Lipinski definition) is 1. The summed E-state index contributed by atoms with van der Waals surface area (Å²) in [5, 5.41) is 3.60. The Labute approximate surface area is 210 Å². The number of aromatic nitrogens is 2. The maximum Gasteiger partial charge on any atom is 0.416 e. The van der Waals surface area contributed by atoms with E-state index in [2.05, 4.69) is 10.3 Å². The molecule has 0 fully saturated rings. The average Bonchev–Trinajstić information content (AvgIpc) is 2.86. The molecule has 11 heteroatoms. The molecular weight excluding hydrogens is 497 g/mol. The Bertz CT molecular complexity index is 1310. The molecule has 0 saturated heterocycles. The fraction of sp³-hybridized carbons (Fsp3) is 0.320. The molecule has 0 radical (unpaired) electrons. The maximum absolute atomic E-state index is 13.3. The van der Waals surface area contributed by atoms with Gasteiger partial charge in [0.25, 0.3) is 11.5 Å². The van der Waals surface area contributed by atoms with Gasteiger partial charge in [0, 0.05) is 23.6 Å². The van der Waals surface area contributed by atoms with E-state index in [0.717, 1.165) is 16.9 Å². The molecule has 7 nitrogen and oxygen atoms in total. The van der Waals surface area contributed by atoms with Crippen LogP contribution in [0, 0.1) is 0 Å². The first-order valence-corrected chi connectivity index (χ1v) is 11.7. The van der Waals surface area contributed by atoms with Crippen LogP contribution in [0.5, 0.6) is 0 Å². The summed E-state index contributed by atoms with van der Waals surface area (Å²) in [5.74, 6) is -0.0803. The minimum atomic E-state index is -4.42. The van der Waals surface area contributed by atoms with Crippen molar-refractivity contribution in [1.29, 1.82) is 0 Å². The number of anilines is 1. The zero-order valence-electron chi connectivity index (χ0n) is 19.6. The molecule has 1 atom stereocenters. The summed E-state index contributed by atoms with van der Waals surface area (Å²) in [6.07, 6.45) is -4.06. The first kappa shape index (κ1) is 25.6. The SMILES string of the molecule is CCOn1c(N[C@@H](C)c2ccc(C(F)(F)F)cc2)nc2c(c1=O)CN(C(=O)c1ccc(Cl)cc1)CC2. The minimum absolute atomic E-state index is 0.0738. The molecule has 0 spiro atoms. The third-order valence-electron chi connectivity index (χ3n) is 5.91. The van der Waals surface area contributed by atoms with E-state index in [0.29, 0.717) is 40.4 Å². The van der Waals surface area contributed by atoms with Gasteiger partial charge < -0.3 is 15.1 Å². The number of hydrogen-bond acceptors (Lipinski definition) is 5. The van der Waals surface area contributed by atoms with Crippen molar-refractivity contribution in [2.75, 3.05) is 18.5 Å². The van der Waals surface area contributed by atoms with Gasteiger partial charge >= 0.3 is 6.18 Å². The summed E-state index contributed by atoms with van der Waals surface area (Å²) in [4.78, 5) is 38.0. The van der Waals surface area contributed by atoms with Crippen molar-refractivity contribution in [1.82, 2.24) is 14.6 Å². The second-order valence-electron chi connectivity index (χ2n) is 8.35. The number of halogens is 4. The molecule has 1 aliphatic heterocycles. The van der Waals surface area contributed by atoms with Crippen LogP contribution in [0.25, 0.3) is 0 Å². The van der Waals surface area contributed by atoms with E-state index in [9.17, 15) is 22.8 Å². The molecule has 4 rings (SSSR count). The van der Waals surface area contributed by atoms with Crippen LogP contribution >= 0.6 is 11.6 Å². The molecule has 0 aliphatic carbocycles. The van der Waals surface area contributed by atoms with Crippen LogP contribution in [0.1, 0.15) is 52.6 Å². The summed E-state index contributed by atoms with van der Waals surface area (Å²) in [6.45, 7) is 4.08. The predicted octanol–water partition coefficient (Wildman–Crippen LogP) is 4.74. The third kappa shape index (κ3) is 5.33. The molecule has 1 aromatic heterocycles. The van der Waals surface area contributed by atoms with Crippen molar-refractivity contribution < 1.29 is 22.8 Å². The third-order valence-corrected chi connectivity index (χ3v) is 6.16. The Balaban J connectivity index is 1.59. The van der Waals surface area contributed by atoms with E-state index in [4.69, 9.17) is 16.4 Å². The topological polar surface area (TPSA) is 76.5 Å². The number of carbonyl (C=O) groups is 1. The van der Waals surface area contributed by atoms with Gasteiger partial charge in [-0.25, -0.2) is 4.98 Å². The molecule has 0 bridgehead atoms. The molecule has 2 aromatic carbocycles. The molecule has 1 N–H and O–H groups in total. The van der Waals surface area contributed by atoms with Gasteiger partial charge in [-0.1, -0.05) is 23.7 Å². The zero-order chi connectivity index (χ0) is 26.0. The molecule has 3 aromatic rings. The average molecular weight is 521 g/mol. The van der Waals surface area contributed by atoms with Gasteiger partial charge in [0.15, 0.2) is 0 Å². The van der Waals surface area contributed by atoms with Crippen LogP contribution in [0.2, 0.25) is 5.02 Å². The van der Waals surface area contributed by atoms with Crippen molar-refractivity contribution in [2.24, 2.45) is 0 Å². The number of nitrogens with zero attached hydrogens (tertiary/aromatic N) is 3. The highest BCUT2D eigenvalue weighted by atomic mass is 35.5. The normalized spacial score (nSPS) is 14.2. The van der Waals surface area contributed by atoms with E-state index in [1.807, 2.05) is 0 Å². The number of carbonyl (C=O) groups excluding carboxylic acids is 1. The molecule has 36 heavy (non-hydrogen) atoms. The summed E-state index contributed by atoms with van der Waals surface area (Å²) in [6, 6.07) is 10.8. The Morgan fingerprint density at radius 2 is 1.83 bits per heavy atom. The van der Waals surface area contributed by atoms with Crippen LogP contribution in [0.4, 0.5) is 19.1 Å². The zero-order valence-corrected chi connectivity index (χ0v) is 20.4. The number of amides is 1. The van der Waals surface area contributed by atoms with E-state index < -0.39 is 23.3 Å². The van der Waals surface area contributed by atoms with Crippen LogP contribution in [0.3, 0.4) is 0 Å². The Morgan fingerprint density at radius 3 is 2.44 bits per heavy atom. The van der Waals surface area contributed by atoms with Gasteiger partial charge in [0.05, 0.1) is 29.4 Å². The Kier molecular flexibility index (Phi) is 7.26. The van der Waals surface area contributed by atoms with Crippen LogP contribution in [0.15, 0.2) is 53.3 Å². The minimum Gasteiger partial charge on any atom is -0.408 e. The lowest BCUT2D eigenvalue weighted by atomic mass is 10.1. The first-order chi connectivity index (χ1) is 17.1. The second-order valence-corrected chi connectivity index (χ2v) is 8.78. The lowest BCUT2D eigenvalue weighted by Crippen LogP contribution is -2.43. The second kappa shape index (κ2) is 10.2. The molecule has 0 saturated carbocycles. The quantitative estimate of drug-likeness (QED) is 0.508. The summed E-state index contributed by atoms with van der Waals surface area (Å²) >= 11 is 5.91. The van der Waals surface area contributed by atoms with Gasteiger partial charge in [-0.05, 0) is 55.8 Å². The van der Waals surface area contributed by atoms with Crippen molar-refractivity contribution >= 4 is 23.5 Å². The number of rotatable bonds is 6. The van der Waals surface area contributed by atoms with Crippen molar-refractivity contribution in [3.05, 3.63) is 91.9 Å². The highest BCUT2D eigenvalue weighted by Gasteiger charge is 2.31. The van der Waals surface area contributed by atoms with Gasteiger partial charge in [0.1, 0.15) is 6.61 Å². The Morgan fingerprint density at radius 1 is 1.17 bits per heavy atom. The van der Waals surface area contributed by atoms with Crippen LogP contribution in [-0.4, -0.2) is 33.7 Å². The summed E-state index contributed by atoms with van der Waals surface area (Å²) in [7, 11) is 0. The van der Waals surface area contributed by atoms with Gasteiger partial charge in [-0.3, -0.25) is 9.59 Å². The lowest BCUT2D eigenvalue weighted by Gasteiger charge is -2.29.